The molecular weight excluding hydrogens is 1020 g/mol. The molecule has 0 saturated heterocycles. The fourth-order valence-corrected chi connectivity index (χ4v) is 9.98. The first-order valence-corrected chi connectivity index (χ1v) is 34.3. The van der Waals surface area contributed by atoms with E-state index in [-0.39, 0.29) is 25.9 Å². The molecule has 464 valence electrons. The Kier molecular flexibility index (Phi) is 59.6. The number of hydrogen-bond acceptors (Lipinski definition) is 10. The van der Waals surface area contributed by atoms with E-state index >= 15 is 0 Å². The number of allylic oxidation sites excluding steroid dienone is 11. The normalized spacial score (nSPS) is 13.7. The van der Waals surface area contributed by atoms with Crippen LogP contribution in [0.5, 0.6) is 0 Å². The van der Waals surface area contributed by atoms with Crippen LogP contribution in [0.4, 0.5) is 0 Å². The highest BCUT2D eigenvalue weighted by atomic mass is 31.2. The first-order valence-electron chi connectivity index (χ1n) is 32.8. The zero-order valence-corrected chi connectivity index (χ0v) is 52.4. The van der Waals surface area contributed by atoms with Gasteiger partial charge in [-0.2, -0.15) is 0 Å². The molecule has 80 heavy (non-hydrogen) atoms. The zero-order chi connectivity index (χ0) is 58.3. The molecule has 0 aromatic carbocycles. The molecule has 11 nitrogen and oxygen atoms in total. The molecule has 0 amide bonds. The Morgan fingerprint density at radius 3 is 1.05 bits per heavy atom. The zero-order valence-electron chi connectivity index (χ0n) is 51.5. The minimum atomic E-state index is -4.77. The van der Waals surface area contributed by atoms with E-state index in [1.807, 2.05) is 12.2 Å². The molecule has 12 heteroatoms. The van der Waals surface area contributed by atoms with Gasteiger partial charge in [0.1, 0.15) is 12.7 Å². The van der Waals surface area contributed by atoms with Crippen LogP contribution in [0.3, 0.4) is 0 Å². The summed E-state index contributed by atoms with van der Waals surface area (Å²) in [6, 6.07) is 0. The average Bonchev–Trinajstić information content (AvgIpc) is 3.45. The average molecular weight is 1150 g/mol. The summed E-state index contributed by atoms with van der Waals surface area (Å²) in [7, 11) is -4.77. The predicted molar refractivity (Wildman–Crippen MR) is 335 cm³/mol. The van der Waals surface area contributed by atoms with Crippen molar-refractivity contribution in [2.24, 2.45) is 0 Å². The highest BCUT2D eigenvalue weighted by Gasteiger charge is 2.28. The largest absolute Gasteiger partial charge is 0.472 e. The van der Waals surface area contributed by atoms with Crippen molar-refractivity contribution in [2.75, 3.05) is 26.4 Å². The Bertz CT molecular complexity index is 1620. The number of carbonyl (C=O) groups is 3. The van der Waals surface area contributed by atoms with Crippen molar-refractivity contribution in [1.29, 1.82) is 0 Å². The summed E-state index contributed by atoms with van der Waals surface area (Å²) in [5, 5.41) is 9.86. The third-order valence-electron chi connectivity index (χ3n) is 14.1. The Labute approximate surface area is 490 Å². The lowest BCUT2D eigenvalue weighted by Gasteiger charge is -2.21. The second kappa shape index (κ2) is 62.0. The molecule has 0 bridgehead atoms. The van der Waals surface area contributed by atoms with Crippen molar-refractivity contribution < 1.29 is 52.2 Å². The second-order valence-electron chi connectivity index (χ2n) is 21.9. The summed E-state index contributed by atoms with van der Waals surface area (Å²) in [6.07, 6.45) is 71.7. The SMILES string of the molecule is CC/C=C\C/C=C\C/C=C\C/C=C\C/C=C\CC(=O)OCC(COP(=O)(O)OCC(CO)OC(=O)CCCCCCCCCCCCCCCCCCCCC)OC(=O)CCCCCCCCCCC/C=C\CCCCCCCC. The third kappa shape index (κ3) is 59.5. The third-order valence-corrected chi connectivity index (χ3v) is 15.1. The molecule has 0 aromatic heterocycles. The van der Waals surface area contributed by atoms with Crippen LogP contribution in [0.1, 0.15) is 303 Å². The van der Waals surface area contributed by atoms with Gasteiger partial charge in [-0.1, -0.05) is 286 Å². The molecule has 0 fully saturated rings. The maximum absolute atomic E-state index is 13.0. The Morgan fingerprint density at radius 2 is 0.688 bits per heavy atom. The maximum atomic E-state index is 13.0. The molecule has 2 N–H and O–H groups in total. The van der Waals surface area contributed by atoms with Crippen LogP contribution in [-0.4, -0.2) is 66.5 Å². The molecule has 3 atom stereocenters. The molecule has 0 saturated carbocycles. The molecule has 0 spiro atoms. The quantitative estimate of drug-likeness (QED) is 0.0197. The van der Waals surface area contributed by atoms with Gasteiger partial charge in [0.05, 0.1) is 26.2 Å². The minimum absolute atomic E-state index is 0.00577. The van der Waals surface area contributed by atoms with Crippen LogP contribution < -0.4 is 0 Å². The summed E-state index contributed by atoms with van der Waals surface area (Å²) in [5.41, 5.74) is 0. The summed E-state index contributed by atoms with van der Waals surface area (Å²) in [6.45, 7) is 4.47. The summed E-state index contributed by atoms with van der Waals surface area (Å²) >= 11 is 0. The summed E-state index contributed by atoms with van der Waals surface area (Å²) in [4.78, 5) is 48.7. The number of unbranched alkanes of at least 4 members (excludes halogenated alkanes) is 33. The number of carbonyl (C=O) groups excluding carboxylic acids is 3. The number of rotatable bonds is 61. The molecule has 0 aliphatic heterocycles. The first-order chi connectivity index (χ1) is 39.2. The monoisotopic (exact) mass is 1140 g/mol. The van der Waals surface area contributed by atoms with Crippen LogP contribution in [0.25, 0.3) is 0 Å². The number of esters is 3. The highest BCUT2D eigenvalue weighted by molar-refractivity contribution is 7.47. The molecular formula is C68H121O11P. The van der Waals surface area contributed by atoms with Gasteiger partial charge in [0.2, 0.25) is 0 Å². The van der Waals surface area contributed by atoms with Crippen LogP contribution in [-0.2, 0) is 42.2 Å². The number of phosphoric ester groups is 1. The van der Waals surface area contributed by atoms with Gasteiger partial charge >= 0.3 is 25.7 Å². The number of phosphoric acid groups is 1. The Balaban J connectivity index is 4.71. The van der Waals surface area contributed by atoms with E-state index in [4.69, 9.17) is 23.3 Å². The van der Waals surface area contributed by atoms with E-state index in [0.29, 0.717) is 19.3 Å². The maximum Gasteiger partial charge on any atom is 0.472 e. The molecule has 0 heterocycles. The van der Waals surface area contributed by atoms with Gasteiger partial charge in [-0.15, -0.1) is 0 Å². The molecule has 0 aliphatic carbocycles. The van der Waals surface area contributed by atoms with Crippen molar-refractivity contribution in [2.45, 2.75) is 315 Å². The van der Waals surface area contributed by atoms with Gasteiger partial charge < -0.3 is 24.2 Å². The van der Waals surface area contributed by atoms with E-state index in [9.17, 15) is 28.9 Å². The smallest absolute Gasteiger partial charge is 0.461 e. The van der Waals surface area contributed by atoms with Crippen molar-refractivity contribution in [3.8, 4) is 0 Å². The molecule has 0 aliphatic rings. The van der Waals surface area contributed by atoms with Gasteiger partial charge in [0.15, 0.2) is 6.10 Å². The Morgan fingerprint density at radius 1 is 0.375 bits per heavy atom. The van der Waals surface area contributed by atoms with Gasteiger partial charge in [0.25, 0.3) is 0 Å². The van der Waals surface area contributed by atoms with E-state index < -0.39 is 57.8 Å². The number of aliphatic hydroxyl groups excluding tert-OH is 1. The molecule has 3 unspecified atom stereocenters. The van der Waals surface area contributed by atoms with Gasteiger partial charge in [-0.25, -0.2) is 4.57 Å². The van der Waals surface area contributed by atoms with Crippen LogP contribution >= 0.6 is 7.82 Å². The van der Waals surface area contributed by atoms with E-state index in [2.05, 4.69) is 75.5 Å². The van der Waals surface area contributed by atoms with Crippen molar-refractivity contribution >= 4 is 25.7 Å². The topological polar surface area (TPSA) is 155 Å². The van der Waals surface area contributed by atoms with Crippen LogP contribution in [0.15, 0.2) is 72.9 Å². The van der Waals surface area contributed by atoms with Crippen molar-refractivity contribution in [3.05, 3.63) is 72.9 Å². The van der Waals surface area contributed by atoms with Gasteiger partial charge in [-0.05, 0) is 70.6 Å². The van der Waals surface area contributed by atoms with E-state index in [1.54, 1.807) is 6.08 Å². The van der Waals surface area contributed by atoms with Crippen molar-refractivity contribution in [3.63, 3.8) is 0 Å². The van der Waals surface area contributed by atoms with Crippen molar-refractivity contribution in [1.82, 2.24) is 0 Å². The van der Waals surface area contributed by atoms with Crippen LogP contribution in [0.2, 0.25) is 0 Å². The van der Waals surface area contributed by atoms with Gasteiger partial charge in [0, 0.05) is 12.8 Å². The Hall–Kier alpha value is -3.08. The predicted octanol–water partition coefficient (Wildman–Crippen LogP) is 20.0. The van der Waals surface area contributed by atoms with E-state index in [1.165, 1.54) is 180 Å². The minimum Gasteiger partial charge on any atom is -0.461 e. The second-order valence-corrected chi connectivity index (χ2v) is 23.4. The number of ether oxygens (including phenoxy) is 3. The summed E-state index contributed by atoms with van der Waals surface area (Å²) < 4.78 is 39.6. The molecule has 0 aromatic rings. The lowest BCUT2D eigenvalue weighted by Crippen LogP contribution is -2.30. The standard InChI is InChI=1S/C68H121O11P/c1-4-7-10-13-16-19-22-25-28-30-32-34-37-40-43-46-49-52-55-58-67(71)78-64(60-69)62-76-80(73,74)77-63-65(61-75-66(70)57-54-51-48-45-42-39-36-27-24-21-18-15-12-9-6-3)79-68(72)59-56-53-50-47-44-41-38-35-33-31-29-26-23-20-17-14-11-8-5-2/h9,12,18,21,26-27,29,36,42,45,51,54,64-65,69H,4-8,10-11,13-17,19-20,22-25,28,30-35,37-41,43-44,46-50,52-53,55-63H2,1-3H3,(H,73,74)/b12-9-,21-18-,29-26-,36-27-,45-42-,54-51-. The van der Waals surface area contributed by atoms with Gasteiger partial charge in [-0.3, -0.25) is 23.4 Å². The first kappa shape index (κ1) is 76.9. The number of aliphatic hydroxyl groups is 1. The lowest BCUT2D eigenvalue weighted by molar-refractivity contribution is -0.161. The summed E-state index contributed by atoms with van der Waals surface area (Å²) in [5.74, 6) is -1.60. The molecule has 0 radical (unpaired) electrons. The highest BCUT2D eigenvalue weighted by Crippen LogP contribution is 2.43. The molecule has 0 rings (SSSR count). The van der Waals surface area contributed by atoms with E-state index in [0.717, 1.165) is 64.2 Å². The fourth-order valence-electron chi connectivity index (χ4n) is 9.19. The number of hydrogen-bond donors (Lipinski definition) is 2. The van der Waals surface area contributed by atoms with Crippen LogP contribution in [0, 0.1) is 0 Å². The lowest BCUT2D eigenvalue weighted by atomic mass is 10.0. The fraction of sp³-hybridized carbons (Fsp3) is 0.779.